The molecule has 0 saturated heterocycles. The minimum absolute atomic E-state index is 0.156. The molecule has 0 atom stereocenters. The molecule has 1 aliphatic rings. The van der Waals surface area contributed by atoms with Gasteiger partial charge in [-0.05, 0) is 24.3 Å². The van der Waals surface area contributed by atoms with E-state index >= 15 is 0 Å². The summed E-state index contributed by atoms with van der Waals surface area (Å²) < 4.78 is 14.0. The molecule has 28 heavy (non-hydrogen) atoms. The zero-order valence-corrected chi connectivity index (χ0v) is 14.7. The lowest BCUT2D eigenvalue weighted by Crippen LogP contribution is -2.29. The van der Waals surface area contributed by atoms with Crippen LogP contribution in [0.1, 0.15) is 0 Å². The minimum Gasteiger partial charge on any atom is -0.486 e. The smallest absolute Gasteiger partial charge is 0.297 e. The largest absolute Gasteiger partial charge is 0.486 e. The Morgan fingerprint density at radius 1 is 1.07 bits per heavy atom. The second-order valence-electron chi connectivity index (χ2n) is 6.31. The molecule has 0 aliphatic carbocycles. The van der Waals surface area contributed by atoms with Crippen LogP contribution < -0.4 is 20.3 Å². The predicted molar refractivity (Wildman–Crippen MR) is 101 cm³/mol. The van der Waals surface area contributed by atoms with Crippen LogP contribution >= 0.6 is 0 Å². The number of aromatic nitrogens is 4. The van der Waals surface area contributed by atoms with Gasteiger partial charge < -0.3 is 14.8 Å². The third kappa shape index (κ3) is 2.64. The maximum Gasteiger partial charge on any atom is 0.297 e. The second-order valence-corrected chi connectivity index (χ2v) is 6.31. The molecule has 9 nitrogen and oxygen atoms in total. The molecule has 2 aromatic heterocycles. The molecule has 0 unspecified atom stereocenters. The van der Waals surface area contributed by atoms with Crippen molar-refractivity contribution in [2.75, 3.05) is 18.5 Å². The number of ether oxygens (including phenoxy) is 2. The van der Waals surface area contributed by atoms with Crippen LogP contribution in [0.25, 0.3) is 16.7 Å². The van der Waals surface area contributed by atoms with Gasteiger partial charge in [-0.3, -0.25) is 18.6 Å². The number of anilines is 1. The number of fused-ring (bicyclic) bond motifs is 4. The third-order valence-electron chi connectivity index (χ3n) is 4.54. The first-order valence-electron chi connectivity index (χ1n) is 8.71. The van der Waals surface area contributed by atoms with Crippen molar-refractivity contribution in [2.45, 2.75) is 6.54 Å². The van der Waals surface area contributed by atoms with Gasteiger partial charge in [-0.2, -0.15) is 0 Å². The number of carbonyl (C=O) groups is 1. The van der Waals surface area contributed by atoms with Crippen molar-refractivity contribution in [3.05, 3.63) is 59.1 Å². The lowest BCUT2D eigenvalue weighted by molar-refractivity contribution is -0.116. The van der Waals surface area contributed by atoms with Crippen LogP contribution in [0.4, 0.5) is 5.69 Å². The van der Waals surface area contributed by atoms with E-state index in [1.807, 2.05) is 18.2 Å². The van der Waals surface area contributed by atoms with E-state index in [4.69, 9.17) is 9.47 Å². The summed E-state index contributed by atoms with van der Waals surface area (Å²) in [7, 11) is 0. The van der Waals surface area contributed by atoms with Gasteiger partial charge in [0, 0.05) is 11.8 Å². The van der Waals surface area contributed by atoms with Crippen molar-refractivity contribution in [3.8, 4) is 11.5 Å². The van der Waals surface area contributed by atoms with E-state index in [2.05, 4.69) is 15.5 Å². The molecule has 0 spiro atoms. The average molecular weight is 377 g/mol. The topological polar surface area (TPSA) is 99.8 Å². The summed E-state index contributed by atoms with van der Waals surface area (Å²) in [6.07, 6.45) is 1.48. The van der Waals surface area contributed by atoms with Crippen molar-refractivity contribution in [3.63, 3.8) is 0 Å². The molecule has 1 aliphatic heterocycles. The van der Waals surface area contributed by atoms with Crippen molar-refractivity contribution >= 4 is 28.3 Å². The van der Waals surface area contributed by atoms with Crippen molar-refractivity contribution in [2.24, 2.45) is 0 Å². The van der Waals surface area contributed by atoms with E-state index in [0.29, 0.717) is 35.9 Å². The summed E-state index contributed by atoms with van der Waals surface area (Å²) in [4.78, 5) is 25.4. The molecular weight excluding hydrogens is 362 g/mol. The number of para-hydroxylation sites is 2. The quantitative estimate of drug-likeness (QED) is 0.580. The Bertz CT molecular complexity index is 1280. The number of benzene rings is 2. The van der Waals surface area contributed by atoms with Crippen LogP contribution in [0.3, 0.4) is 0 Å². The zero-order chi connectivity index (χ0) is 19.1. The lowest BCUT2D eigenvalue weighted by atomic mass is 10.2. The molecule has 2 aromatic carbocycles. The van der Waals surface area contributed by atoms with Gasteiger partial charge in [-0.25, -0.2) is 0 Å². The molecule has 0 bridgehead atoms. The number of nitrogens with one attached hydrogen (secondary N) is 1. The van der Waals surface area contributed by atoms with Gasteiger partial charge in [-0.15, -0.1) is 10.2 Å². The Labute approximate surface area is 158 Å². The molecule has 0 saturated carbocycles. The van der Waals surface area contributed by atoms with E-state index in [-0.39, 0.29) is 23.7 Å². The van der Waals surface area contributed by atoms with Crippen LogP contribution in [0.2, 0.25) is 0 Å². The van der Waals surface area contributed by atoms with Crippen molar-refractivity contribution in [1.82, 2.24) is 19.2 Å². The number of rotatable bonds is 3. The van der Waals surface area contributed by atoms with Crippen molar-refractivity contribution < 1.29 is 14.3 Å². The summed E-state index contributed by atoms with van der Waals surface area (Å²) in [6, 6.07) is 12.5. The zero-order valence-electron chi connectivity index (χ0n) is 14.7. The molecule has 140 valence electrons. The minimum atomic E-state index is -0.381. The average Bonchev–Trinajstić information content (AvgIpc) is 3.21. The SMILES string of the molecule is O=C(Cn1c(=O)c2nncn2c2ccccc21)Nc1ccc2c(c1)OCCO2. The van der Waals surface area contributed by atoms with Crippen LogP contribution in [0, 0.1) is 0 Å². The fraction of sp³-hybridized carbons (Fsp3) is 0.158. The van der Waals surface area contributed by atoms with Gasteiger partial charge in [0.1, 0.15) is 26.1 Å². The maximum absolute atomic E-state index is 12.8. The standard InChI is InChI=1S/C19H15N5O4/c25-17(21-12-5-6-15-16(9-12)28-8-7-27-15)10-23-13-3-1-2-4-14(13)24-11-20-22-18(24)19(23)26/h1-6,9,11H,7-8,10H2,(H,21,25). The summed E-state index contributed by atoms with van der Waals surface area (Å²) >= 11 is 0. The van der Waals surface area contributed by atoms with E-state index in [1.54, 1.807) is 28.7 Å². The number of hydrogen-bond donors (Lipinski definition) is 1. The summed E-state index contributed by atoms with van der Waals surface area (Å²) in [5.74, 6) is 0.882. The number of hydrogen-bond acceptors (Lipinski definition) is 6. The van der Waals surface area contributed by atoms with Gasteiger partial charge in [-0.1, -0.05) is 12.1 Å². The first-order valence-corrected chi connectivity index (χ1v) is 8.71. The first-order chi connectivity index (χ1) is 13.7. The highest BCUT2D eigenvalue weighted by Gasteiger charge is 2.16. The molecule has 0 radical (unpaired) electrons. The number of carbonyl (C=O) groups excluding carboxylic acids is 1. The lowest BCUT2D eigenvalue weighted by Gasteiger charge is -2.19. The van der Waals surface area contributed by atoms with Gasteiger partial charge >= 0.3 is 0 Å². The molecule has 5 rings (SSSR count). The maximum atomic E-state index is 12.8. The highest BCUT2D eigenvalue weighted by atomic mass is 16.6. The Balaban J connectivity index is 1.48. The fourth-order valence-electron chi connectivity index (χ4n) is 3.31. The first kappa shape index (κ1) is 16.3. The third-order valence-corrected chi connectivity index (χ3v) is 4.54. The number of amides is 1. The van der Waals surface area contributed by atoms with Crippen LogP contribution in [0.5, 0.6) is 11.5 Å². The van der Waals surface area contributed by atoms with E-state index in [1.165, 1.54) is 10.9 Å². The van der Waals surface area contributed by atoms with Gasteiger partial charge in [0.15, 0.2) is 11.5 Å². The molecule has 0 fully saturated rings. The molecule has 1 N–H and O–H groups in total. The molecule has 9 heteroatoms. The summed E-state index contributed by atoms with van der Waals surface area (Å²) in [5.41, 5.74) is 1.72. The Morgan fingerprint density at radius 2 is 1.86 bits per heavy atom. The summed E-state index contributed by atoms with van der Waals surface area (Å²) in [5, 5.41) is 10.5. The second kappa shape index (κ2) is 6.38. The van der Waals surface area contributed by atoms with Crippen LogP contribution in [-0.2, 0) is 11.3 Å². The van der Waals surface area contributed by atoms with Crippen LogP contribution in [0.15, 0.2) is 53.6 Å². The van der Waals surface area contributed by atoms with E-state index < -0.39 is 0 Å². The Hall–Kier alpha value is -3.88. The highest BCUT2D eigenvalue weighted by molar-refractivity contribution is 5.92. The van der Waals surface area contributed by atoms with Crippen molar-refractivity contribution in [1.29, 1.82) is 0 Å². The van der Waals surface area contributed by atoms with Gasteiger partial charge in [0.2, 0.25) is 11.6 Å². The fourth-order valence-corrected chi connectivity index (χ4v) is 3.31. The Kier molecular flexibility index (Phi) is 3.71. The molecule has 3 heterocycles. The number of nitrogens with zero attached hydrogens (tertiary/aromatic N) is 4. The van der Waals surface area contributed by atoms with E-state index in [9.17, 15) is 9.59 Å². The van der Waals surface area contributed by atoms with Crippen LogP contribution in [-0.4, -0.2) is 38.3 Å². The van der Waals surface area contributed by atoms with Gasteiger partial charge in [0.05, 0.1) is 11.0 Å². The van der Waals surface area contributed by atoms with Gasteiger partial charge in [0.25, 0.3) is 5.56 Å². The summed E-state index contributed by atoms with van der Waals surface area (Å²) in [6.45, 7) is 0.807. The normalized spacial score (nSPS) is 13.0. The predicted octanol–water partition coefficient (Wildman–Crippen LogP) is 1.45. The Morgan fingerprint density at radius 3 is 2.71 bits per heavy atom. The monoisotopic (exact) mass is 377 g/mol. The molecule has 1 amide bonds. The molecular formula is C19H15N5O4. The highest BCUT2D eigenvalue weighted by Crippen LogP contribution is 2.32. The van der Waals surface area contributed by atoms with E-state index in [0.717, 1.165) is 5.52 Å². The molecule has 4 aromatic rings.